The van der Waals surface area contributed by atoms with Crippen LogP contribution in [0.4, 0.5) is 21.7 Å². The number of nitrogens with one attached hydrogen (secondary N) is 1. The second kappa shape index (κ2) is 8.33. The highest BCUT2D eigenvalue weighted by Crippen LogP contribution is 2.23. The summed E-state index contributed by atoms with van der Waals surface area (Å²) in [6.45, 7) is 3.21. The van der Waals surface area contributed by atoms with E-state index in [4.69, 9.17) is 0 Å². The topological polar surface area (TPSA) is 91.3 Å². The molecular weight excluding hydrogens is 407 g/mol. The number of halogens is 1. The van der Waals surface area contributed by atoms with Crippen molar-refractivity contribution in [2.75, 3.05) is 36.4 Å². The summed E-state index contributed by atoms with van der Waals surface area (Å²) in [7, 11) is -3.67. The van der Waals surface area contributed by atoms with Crippen LogP contribution in [0.2, 0.25) is 0 Å². The first-order valence-corrected chi connectivity index (χ1v) is 10.9. The predicted octanol–water partition coefficient (Wildman–Crippen LogP) is 2.57. The molecule has 1 N–H and O–H groups in total. The quantitative estimate of drug-likeness (QED) is 0.668. The number of hydrogen-bond acceptors (Lipinski definition) is 7. The molecule has 2 aromatic heterocycles. The number of nitrogens with zero attached hydrogens (tertiary/aromatic N) is 5. The minimum Gasteiger partial charge on any atom is -0.352 e. The highest BCUT2D eigenvalue weighted by atomic mass is 32.2. The van der Waals surface area contributed by atoms with Gasteiger partial charge in [-0.05, 0) is 55.0 Å². The molecule has 30 heavy (non-hydrogen) atoms. The molecular formula is C20H21FN6O2S. The summed E-state index contributed by atoms with van der Waals surface area (Å²) >= 11 is 0. The molecule has 1 saturated heterocycles. The Hall–Kier alpha value is -3.11. The molecule has 1 fully saturated rings. The SMILES string of the molecule is Cc1cc(F)ccc1S(=O)(=O)N1CCN(c2ccc(Nc3cccnc3)nn2)CC1. The molecule has 3 aromatic rings. The van der Waals surface area contributed by atoms with Gasteiger partial charge in [-0.2, -0.15) is 4.31 Å². The highest BCUT2D eigenvalue weighted by Gasteiger charge is 2.30. The number of pyridine rings is 1. The van der Waals surface area contributed by atoms with Crippen LogP contribution in [0.3, 0.4) is 0 Å². The van der Waals surface area contributed by atoms with Crippen LogP contribution >= 0.6 is 0 Å². The van der Waals surface area contributed by atoms with E-state index in [2.05, 4.69) is 20.5 Å². The zero-order chi connectivity index (χ0) is 21.1. The van der Waals surface area contributed by atoms with Crippen LogP contribution in [0, 0.1) is 12.7 Å². The third-order valence-corrected chi connectivity index (χ3v) is 6.96. The molecule has 3 heterocycles. The average Bonchev–Trinajstić information content (AvgIpc) is 2.75. The van der Waals surface area contributed by atoms with Crippen LogP contribution in [0.25, 0.3) is 0 Å². The monoisotopic (exact) mass is 428 g/mol. The minimum atomic E-state index is -3.67. The van der Waals surface area contributed by atoms with Gasteiger partial charge in [0.25, 0.3) is 0 Å². The Balaban J connectivity index is 1.40. The Morgan fingerprint density at radius 3 is 2.47 bits per heavy atom. The molecule has 0 spiro atoms. The van der Waals surface area contributed by atoms with Crippen LogP contribution in [-0.4, -0.2) is 54.1 Å². The number of aryl methyl sites for hydroxylation is 1. The zero-order valence-corrected chi connectivity index (χ0v) is 17.2. The van der Waals surface area contributed by atoms with E-state index in [-0.39, 0.29) is 4.90 Å². The van der Waals surface area contributed by atoms with Crippen LogP contribution < -0.4 is 10.2 Å². The van der Waals surface area contributed by atoms with E-state index < -0.39 is 15.8 Å². The standard InChI is InChI=1S/C20H21FN6O2S/c1-15-13-16(21)4-5-18(15)30(28,29)27-11-9-26(10-12-27)20-7-6-19(24-25-20)23-17-3-2-8-22-14-17/h2-8,13-14H,9-12H2,1H3,(H,23,24). The average molecular weight is 428 g/mol. The van der Waals surface area contributed by atoms with Crippen molar-refractivity contribution in [3.8, 4) is 0 Å². The maximum Gasteiger partial charge on any atom is 0.243 e. The highest BCUT2D eigenvalue weighted by molar-refractivity contribution is 7.89. The molecule has 4 rings (SSSR count). The normalized spacial score (nSPS) is 15.2. The first-order chi connectivity index (χ1) is 14.4. The second-order valence-corrected chi connectivity index (χ2v) is 8.85. The van der Waals surface area contributed by atoms with Gasteiger partial charge in [0, 0.05) is 32.4 Å². The van der Waals surface area contributed by atoms with E-state index in [0.717, 1.165) is 5.69 Å². The first kappa shape index (κ1) is 20.2. The van der Waals surface area contributed by atoms with Crippen molar-refractivity contribution in [1.82, 2.24) is 19.5 Å². The second-order valence-electron chi connectivity index (χ2n) is 6.94. The number of rotatable bonds is 5. The Bertz CT molecular complexity index is 1120. The van der Waals surface area contributed by atoms with Crippen molar-refractivity contribution in [2.24, 2.45) is 0 Å². The Morgan fingerprint density at radius 2 is 1.83 bits per heavy atom. The van der Waals surface area contributed by atoms with E-state index in [9.17, 15) is 12.8 Å². The Labute approximate surface area is 174 Å². The third kappa shape index (κ3) is 4.24. The molecule has 0 saturated carbocycles. The lowest BCUT2D eigenvalue weighted by molar-refractivity contribution is 0.383. The smallest absolute Gasteiger partial charge is 0.243 e. The molecule has 0 radical (unpaired) electrons. The number of piperazine rings is 1. The van der Waals surface area contributed by atoms with Gasteiger partial charge in [0.05, 0.1) is 16.8 Å². The van der Waals surface area contributed by atoms with Crippen molar-refractivity contribution < 1.29 is 12.8 Å². The minimum absolute atomic E-state index is 0.142. The van der Waals surface area contributed by atoms with Gasteiger partial charge < -0.3 is 10.2 Å². The summed E-state index contributed by atoms with van der Waals surface area (Å²) in [6, 6.07) is 11.1. The van der Waals surface area contributed by atoms with Crippen LogP contribution in [0.15, 0.2) is 59.8 Å². The number of sulfonamides is 1. The van der Waals surface area contributed by atoms with Gasteiger partial charge in [0.1, 0.15) is 5.82 Å². The molecule has 0 amide bonds. The summed E-state index contributed by atoms with van der Waals surface area (Å²) < 4.78 is 40.6. The molecule has 8 nitrogen and oxygen atoms in total. The van der Waals surface area contributed by atoms with E-state index in [1.165, 1.54) is 22.5 Å². The number of hydrogen-bond donors (Lipinski definition) is 1. The van der Waals surface area contributed by atoms with Gasteiger partial charge in [-0.3, -0.25) is 4.98 Å². The summed E-state index contributed by atoms with van der Waals surface area (Å²) in [4.78, 5) is 6.17. The maximum absolute atomic E-state index is 13.3. The Morgan fingerprint density at radius 1 is 1.03 bits per heavy atom. The largest absolute Gasteiger partial charge is 0.352 e. The summed E-state index contributed by atoms with van der Waals surface area (Å²) in [5.41, 5.74) is 1.22. The van der Waals surface area contributed by atoms with Crippen molar-refractivity contribution >= 4 is 27.3 Å². The molecule has 0 aliphatic carbocycles. The zero-order valence-electron chi connectivity index (χ0n) is 16.4. The van der Waals surface area contributed by atoms with E-state index in [1.807, 2.05) is 29.2 Å². The van der Waals surface area contributed by atoms with E-state index in [1.54, 1.807) is 19.3 Å². The molecule has 0 bridgehead atoms. The molecule has 1 aromatic carbocycles. The summed E-state index contributed by atoms with van der Waals surface area (Å²) in [5, 5.41) is 11.6. The lowest BCUT2D eigenvalue weighted by Crippen LogP contribution is -2.49. The molecule has 0 unspecified atom stereocenters. The fraction of sp³-hybridized carbons (Fsp3) is 0.250. The predicted molar refractivity (Wildman–Crippen MR) is 112 cm³/mol. The van der Waals surface area contributed by atoms with Gasteiger partial charge in [-0.1, -0.05) is 0 Å². The van der Waals surface area contributed by atoms with Crippen molar-refractivity contribution in [1.29, 1.82) is 0 Å². The van der Waals surface area contributed by atoms with Gasteiger partial charge in [0.15, 0.2) is 11.6 Å². The molecule has 1 aliphatic heterocycles. The molecule has 10 heteroatoms. The summed E-state index contributed by atoms with van der Waals surface area (Å²) in [6.07, 6.45) is 3.38. The van der Waals surface area contributed by atoms with Gasteiger partial charge in [0.2, 0.25) is 10.0 Å². The van der Waals surface area contributed by atoms with Crippen LogP contribution in [0.1, 0.15) is 5.56 Å². The van der Waals surface area contributed by atoms with Crippen LogP contribution in [-0.2, 0) is 10.0 Å². The van der Waals surface area contributed by atoms with Gasteiger partial charge in [-0.15, -0.1) is 10.2 Å². The fourth-order valence-electron chi connectivity index (χ4n) is 3.34. The van der Waals surface area contributed by atoms with Crippen molar-refractivity contribution in [3.05, 3.63) is 66.2 Å². The Kier molecular flexibility index (Phi) is 5.60. The lowest BCUT2D eigenvalue weighted by Gasteiger charge is -2.34. The molecule has 0 atom stereocenters. The molecule has 156 valence electrons. The number of anilines is 3. The van der Waals surface area contributed by atoms with Crippen LogP contribution in [0.5, 0.6) is 0 Å². The van der Waals surface area contributed by atoms with E-state index >= 15 is 0 Å². The fourth-order valence-corrected chi connectivity index (χ4v) is 4.97. The third-order valence-electron chi connectivity index (χ3n) is 4.90. The van der Waals surface area contributed by atoms with E-state index in [0.29, 0.717) is 43.4 Å². The van der Waals surface area contributed by atoms with Gasteiger partial charge >= 0.3 is 0 Å². The summed E-state index contributed by atoms with van der Waals surface area (Å²) in [5.74, 6) is 0.831. The van der Waals surface area contributed by atoms with Crippen molar-refractivity contribution in [2.45, 2.75) is 11.8 Å². The lowest BCUT2D eigenvalue weighted by atomic mass is 10.2. The number of aromatic nitrogens is 3. The van der Waals surface area contributed by atoms with Crippen molar-refractivity contribution in [3.63, 3.8) is 0 Å². The maximum atomic E-state index is 13.3. The number of benzene rings is 1. The first-order valence-electron chi connectivity index (χ1n) is 9.45. The molecule has 1 aliphatic rings. The van der Waals surface area contributed by atoms with Gasteiger partial charge in [-0.25, -0.2) is 12.8 Å².